The number of nitrogens with one attached hydrogen (secondary N) is 1. The lowest BCUT2D eigenvalue weighted by atomic mass is 9.84. The smallest absolute Gasteiger partial charge is 0.256 e. The monoisotopic (exact) mass is 350 g/mol. The molecule has 0 aliphatic carbocycles. The Morgan fingerprint density at radius 2 is 1.76 bits per heavy atom. The Morgan fingerprint density at radius 3 is 2.40 bits per heavy atom. The van der Waals surface area contributed by atoms with Crippen LogP contribution in [0.2, 0.25) is 0 Å². The zero-order valence-corrected chi connectivity index (χ0v) is 15.8. The van der Waals surface area contributed by atoms with Crippen LogP contribution in [0.5, 0.6) is 0 Å². The van der Waals surface area contributed by atoms with E-state index < -0.39 is 0 Å². The van der Waals surface area contributed by atoms with E-state index in [4.69, 9.17) is 12.2 Å². The SMILES string of the molecule is Cc1ccc(C(=O)NC(=S)/C=C2/N(C)c3ccccc3C2(C)C)cc1. The molecule has 0 radical (unpaired) electrons. The van der Waals surface area contributed by atoms with Crippen LogP contribution in [0.3, 0.4) is 0 Å². The fourth-order valence-electron chi connectivity index (χ4n) is 3.31. The third kappa shape index (κ3) is 3.22. The fraction of sp³-hybridized carbons (Fsp3) is 0.238. The van der Waals surface area contributed by atoms with Crippen molar-refractivity contribution in [1.29, 1.82) is 0 Å². The summed E-state index contributed by atoms with van der Waals surface area (Å²) in [4.78, 5) is 14.9. The summed E-state index contributed by atoms with van der Waals surface area (Å²) < 4.78 is 0. The first-order chi connectivity index (χ1) is 11.8. The Balaban J connectivity index is 1.82. The summed E-state index contributed by atoms with van der Waals surface area (Å²) in [6, 6.07) is 15.8. The van der Waals surface area contributed by atoms with Gasteiger partial charge in [-0.05, 0) is 36.8 Å². The average Bonchev–Trinajstić information content (AvgIpc) is 2.77. The molecule has 1 heterocycles. The maximum Gasteiger partial charge on any atom is 0.256 e. The number of nitrogens with zero attached hydrogens (tertiary/aromatic N) is 1. The second-order valence-electron chi connectivity index (χ2n) is 6.92. The Labute approximate surface area is 154 Å². The molecule has 1 amide bonds. The van der Waals surface area contributed by atoms with Gasteiger partial charge >= 0.3 is 0 Å². The van der Waals surface area contributed by atoms with Crippen LogP contribution in [-0.4, -0.2) is 17.9 Å². The first-order valence-corrected chi connectivity index (χ1v) is 8.69. The standard InChI is InChI=1S/C21H22N2OS/c1-14-9-11-15(12-10-14)20(24)22-19(25)13-18-21(2,3)16-7-5-6-8-17(16)23(18)4/h5-13H,1-4H3,(H,22,24,25)/b18-13+. The van der Waals surface area contributed by atoms with Gasteiger partial charge in [-0.25, -0.2) is 0 Å². The molecule has 4 heteroatoms. The molecular weight excluding hydrogens is 328 g/mol. The van der Waals surface area contributed by atoms with Crippen molar-refractivity contribution in [3.05, 3.63) is 77.0 Å². The minimum atomic E-state index is -0.183. The van der Waals surface area contributed by atoms with Gasteiger partial charge in [0.05, 0.1) is 0 Å². The third-order valence-corrected chi connectivity index (χ3v) is 4.98. The molecule has 0 saturated carbocycles. The first-order valence-electron chi connectivity index (χ1n) is 8.28. The number of carbonyl (C=O) groups is 1. The molecule has 0 aromatic heterocycles. The molecular formula is C21H22N2OS. The van der Waals surface area contributed by atoms with E-state index in [0.717, 1.165) is 11.3 Å². The van der Waals surface area contributed by atoms with Gasteiger partial charge < -0.3 is 10.2 Å². The van der Waals surface area contributed by atoms with Crippen LogP contribution in [0.15, 0.2) is 60.3 Å². The van der Waals surface area contributed by atoms with Crippen LogP contribution < -0.4 is 10.2 Å². The zero-order valence-electron chi connectivity index (χ0n) is 15.0. The lowest BCUT2D eigenvalue weighted by molar-refractivity contribution is 0.0978. The molecule has 3 rings (SSSR count). The quantitative estimate of drug-likeness (QED) is 0.645. The summed E-state index contributed by atoms with van der Waals surface area (Å²) in [6.45, 7) is 6.34. The minimum Gasteiger partial charge on any atom is -0.347 e. The van der Waals surface area contributed by atoms with Gasteiger partial charge in [-0.3, -0.25) is 4.79 Å². The molecule has 3 nitrogen and oxygen atoms in total. The van der Waals surface area contributed by atoms with Crippen molar-refractivity contribution in [2.24, 2.45) is 0 Å². The lowest BCUT2D eigenvalue weighted by Gasteiger charge is -2.24. The van der Waals surface area contributed by atoms with Crippen LogP contribution in [0.25, 0.3) is 0 Å². The van der Waals surface area contributed by atoms with E-state index in [1.165, 1.54) is 11.3 Å². The summed E-state index contributed by atoms with van der Waals surface area (Å²) in [7, 11) is 2.03. The van der Waals surface area contributed by atoms with E-state index in [2.05, 4.69) is 42.3 Å². The minimum absolute atomic E-state index is 0.163. The highest BCUT2D eigenvalue weighted by molar-refractivity contribution is 7.80. The molecule has 0 saturated heterocycles. The van der Waals surface area contributed by atoms with Gasteiger partial charge in [-0.15, -0.1) is 0 Å². The summed E-state index contributed by atoms with van der Waals surface area (Å²) in [5.41, 5.74) is 5.07. The van der Waals surface area contributed by atoms with Crippen LogP contribution >= 0.6 is 12.2 Å². The molecule has 0 fully saturated rings. The van der Waals surface area contributed by atoms with E-state index >= 15 is 0 Å². The van der Waals surface area contributed by atoms with Crippen molar-refractivity contribution in [2.75, 3.05) is 11.9 Å². The average molecular weight is 350 g/mol. The highest BCUT2D eigenvalue weighted by atomic mass is 32.1. The summed E-state index contributed by atoms with van der Waals surface area (Å²) >= 11 is 5.42. The number of hydrogen-bond donors (Lipinski definition) is 1. The molecule has 128 valence electrons. The van der Waals surface area contributed by atoms with Gasteiger partial charge in [0, 0.05) is 29.4 Å². The molecule has 1 N–H and O–H groups in total. The van der Waals surface area contributed by atoms with E-state index in [0.29, 0.717) is 10.6 Å². The van der Waals surface area contributed by atoms with Crippen molar-refractivity contribution in [1.82, 2.24) is 5.32 Å². The van der Waals surface area contributed by atoms with Gasteiger partial charge in [-0.1, -0.05) is 62.0 Å². The van der Waals surface area contributed by atoms with Gasteiger partial charge in [0.2, 0.25) is 0 Å². The van der Waals surface area contributed by atoms with Gasteiger partial charge in [-0.2, -0.15) is 0 Å². The molecule has 1 aliphatic heterocycles. The molecule has 2 aromatic rings. The van der Waals surface area contributed by atoms with Gasteiger partial charge in [0.15, 0.2) is 0 Å². The predicted molar refractivity (Wildman–Crippen MR) is 107 cm³/mol. The van der Waals surface area contributed by atoms with Crippen LogP contribution in [0.4, 0.5) is 5.69 Å². The Bertz CT molecular complexity index is 866. The summed E-state index contributed by atoms with van der Waals surface area (Å²) in [5, 5.41) is 2.82. The first kappa shape index (κ1) is 17.4. The summed E-state index contributed by atoms with van der Waals surface area (Å²) in [6.07, 6.45) is 1.89. The number of anilines is 1. The number of benzene rings is 2. The number of hydrogen-bond acceptors (Lipinski definition) is 3. The van der Waals surface area contributed by atoms with Crippen LogP contribution in [-0.2, 0) is 5.41 Å². The predicted octanol–water partition coefficient (Wildman–Crippen LogP) is 4.36. The highest BCUT2D eigenvalue weighted by Gasteiger charge is 2.38. The maximum atomic E-state index is 12.4. The number of fused-ring (bicyclic) bond motifs is 1. The third-order valence-electron chi connectivity index (χ3n) is 4.76. The zero-order chi connectivity index (χ0) is 18.2. The van der Waals surface area contributed by atoms with Crippen molar-refractivity contribution in [3.63, 3.8) is 0 Å². The number of amides is 1. The second-order valence-corrected chi connectivity index (χ2v) is 7.35. The largest absolute Gasteiger partial charge is 0.347 e. The van der Waals surface area contributed by atoms with Gasteiger partial charge in [0.1, 0.15) is 4.99 Å². The van der Waals surface area contributed by atoms with Crippen LogP contribution in [0.1, 0.15) is 35.3 Å². The lowest BCUT2D eigenvalue weighted by Crippen LogP contribution is -2.31. The number of para-hydroxylation sites is 1. The maximum absolute atomic E-state index is 12.4. The fourth-order valence-corrected chi connectivity index (χ4v) is 3.51. The normalized spacial score (nSPS) is 16.6. The van der Waals surface area contributed by atoms with E-state index in [1.54, 1.807) is 0 Å². The van der Waals surface area contributed by atoms with Crippen molar-refractivity contribution < 1.29 is 4.79 Å². The molecule has 0 spiro atoms. The molecule has 0 atom stereocenters. The van der Waals surface area contributed by atoms with Crippen molar-refractivity contribution in [3.8, 4) is 0 Å². The summed E-state index contributed by atoms with van der Waals surface area (Å²) in [5.74, 6) is -0.183. The van der Waals surface area contributed by atoms with Gasteiger partial charge in [0.25, 0.3) is 5.91 Å². The van der Waals surface area contributed by atoms with Crippen LogP contribution in [0, 0.1) is 6.92 Å². The van der Waals surface area contributed by atoms with Crippen molar-refractivity contribution in [2.45, 2.75) is 26.2 Å². The number of rotatable bonds is 2. The van der Waals surface area contributed by atoms with E-state index in [1.807, 2.05) is 50.4 Å². The molecule has 0 unspecified atom stereocenters. The Kier molecular flexibility index (Phi) is 4.48. The second kappa shape index (κ2) is 6.45. The van der Waals surface area contributed by atoms with E-state index in [-0.39, 0.29) is 11.3 Å². The van der Waals surface area contributed by atoms with E-state index in [9.17, 15) is 4.79 Å². The molecule has 0 bridgehead atoms. The Hall–Kier alpha value is -2.46. The molecule has 2 aromatic carbocycles. The molecule has 1 aliphatic rings. The Morgan fingerprint density at radius 1 is 1.12 bits per heavy atom. The number of allylic oxidation sites excluding steroid dienone is 1. The number of carbonyl (C=O) groups excluding carboxylic acids is 1. The number of thiocarbonyl (C=S) groups is 1. The highest BCUT2D eigenvalue weighted by Crippen LogP contribution is 2.46. The van der Waals surface area contributed by atoms with Crippen molar-refractivity contribution >= 4 is 28.8 Å². The number of likely N-dealkylation sites (N-methyl/N-ethyl adjacent to an activating group) is 1. The topological polar surface area (TPSA) is 32.3 Å². The molecule has 25 heavy (non-hydrogen) atoms. The number of aryl methyl sites for hydroxylation is 1.